The summed E-state index contributed by atoms with van der Waals surface area (Å²) in [6, 6.07) is 13.0. The minimum atomic E-state index is 0.151. The third kappa shape index (κ3) is 4.17. The Balaban J connectivity index is 1.96. The molecule has 0 amide bonds. The van der Waals surface area contributed by atoms with Crippen molar-refractivity contribution in [3.63, 3.8) is 0 Å². The van der Waals surface area contributed by atoms with Gasteiger partial charge in [-0.2, -0.15) is 0 Å². The molecule has 0 aliphatic heterocycles. The summed E-state index contributed by atoms with van der Waals surface area (Å²) in [5, 5.41) is 0. The van der Waals surface area contributed by atoms with Crippen molar-refractivity contribution >= 4 is 0 Å². The minimum Gasteiger partial charge on any atom is -0.327 e. The predicted octanol–water partition coefficient (Wildman–Crippen LogP) is 3.49. The van der Waals surface area contributed by atoms with Crippen LogP contribution >= 0.6 is 0 Å². The van der Waals surface area contributed by atoms with Gasteiger partial charge in [0.15, 0.2) is 0 Å². The molecule has 1 atom stereocenters. The fourth-order valence-electron chi connectivity index (χ4n) is 2.34. The van der Waals surface area contributed by atoms with Gasteiger partial charge in [-0.1, -0.05) is 45.0 Å². The van der Waals surface area contributed by atoms with E-state index < -0.39 is 0 Å². The summed E-state index contributed by atoms with van der Waals surface area (Å²) in [6.45, 7) is 6.70. The van der Waals surface area contributed by atoms with Crippen LogP contribution in [0.15, 0.2) is 48.8 Å². The Bertz CT molecular complexity index is 524. The molecule has 1 aromatic heterocycles. The maximum absolute atomic E-state index is 6.24. The Kier molecular flexibility index (Phi) is 4.56. The van der Waals surface area contributed by atoms with E-state index in [4.69, 9.17) is 5.73 Å². The van der Waals surface area contributed by atoms with Crippen LogP contribution in [0.3, 0.4) is 0 Å². The predicted molar refractivity (Wildman–Crippen MR) is 84.8 cm³/mol. The summed E-state index contributed by atoms with van der Waals surface area (Å²) in [4.78, 5) is 4.03. The minimum absolute atomic E-state index is 0.151. The van der Waals surface area contributed by atoms with Gasteiger partial charge in [0.05, 0.1) is 0 Å². The zero-order valence-corrected chi connectivity index (χ0v) is 12.6. The number of hydrogen-bond donors (Lipinski definition) is 1. The van der Waals surface area contributed by atoms with Gasteiger partial charge in [-0.25, -0.2) is 0 Å². The van der Waals surface area contributed by atoms with Crippen molar-refractivity contribution in [2.45, 2.75) is 45.1 Å². The molecule has 0 saturated carbocycles. The van der Waals surface area contributed by atoms with Crippen molar-refractivity contribution < 1.29 is 0 Å². The molecule has 2 rings (SSSR count). The summed E-state index contributed by atoms with van der Waals surface area (Å²) in [5.41, 5.74) is 10.4. The molecule has 0 radical (unpaired) electrons. The molecule has 0 spiro atoms. The van der Waals surface area contributed by atoms with Crippen molar-refractivity contribution in [1.29, 1.82) is 0 Å². The largest absolute Gasteiger partial charge is 0.327 e. The van der Waals surface area contributed by atoms with E-state index in [0.717, 1.165) is 12.8 Å². The molecule has 2 heteroatoms. The van der Waals surface area contributed by atoms with E-state index >= 15 is 0 Å². The second-order valence-electron chi connectivity index (χ2n) is 6.47. The molecular formula is C18H24N2. The quantitative estimate of drug-likeness (QED) is 0.922. The second-order valence-corrected chi connectivity index (χ2v) is 6.47. The molecule has 2 nitrogen and oxygen atoms in total. The Hall–Kier alpha value is -1.67. The van der Waals surface area contributed by atoms with Gasteiger partial charge >= 0.3 is 0 Å². The summed E-state index contributed by atoms with van der Waals surface area (Å²) < 4.78 is 0. The number of rotatable bonds is 4. The number of nitrogens with two attached hydrogens (primary N) is 1. The van der Waals surface area contributed by atoms with Crippen LogP contribution in [-0.4, -0.2) is 11.0 Å². The molecule has 1 unspecified atom stereocenters. The van der Waals surface area contributed by atoms with Crippen LogP contribution in [0.5, 0.6) is 0 Å². The van der Waals surface area contributed by atoms with E-state index in [1.54, 1.807) is 0 Å². The van der Waals surface area contributed by atoms with E-state index in [-0.39, 0.29) is 11.5 Å². The van der Waals surface area contributed by atoms with Crippen LogP contribution in [0.2, 0.25) is 0 Å². The molecule has 0 aliphatic rings. The Labute approximate surface area is 122 Å². The van der Waals surface area contributed by atoms with Crippen molar-refractivity contribution in [2.75, 3.05) is 0 Å². The van der Waals surface area contributed by atoms with E-state index in [1.165, 1.54) is 16.7 Å². The van der Waals surface area contributed by atoms with E-state index in [9.17, 15) is 0 Å². The van der Waals surface area contributed by atoms with E-state index in [0.29, 0.717) is 0 Å². The summed E-state index contributed by atoms with van der Waals surface area (Å²) in [7, 11) is 0. The number of hydrogen-bond acceptors (Lipinski definition) is 2. The maximum atomic E-state index is 6.24. The third-order valence-electron chi connectivity index (χ3n) is 3.57. The van der Waals surface area contributed by atoms with Gasteiger partial charge in [0.1, 0.15) is 0 Å². The third-order valence-corrected chi connectivity index (χ3v) is 3.57. The zero-order valence-electron chi connectivity index (χ0n) is 12.6. The highest BCUT2D eigenvalue weighted by atomic mass is 14.6. The molecule has 0 saturated heterocycles. The molecule has 0 aliphatic carbocycles. The molecule has 2 N–H and O–H groups in total. The van der Waals surface area contributed by atoms with Crippen LogP contribution in [-0.2, 0) is 18.3 Å². The first-order valence-electron chi connectivity index (χ1n) is 7.19. The first-order valence-corrected chi connectivity index (χ1v) is 7.19. The molecule has 1 aromatic carbocycles. The summed E-state index contributed by atoms with van der Waals surface area (Å²) >= 11 is 0. The topological polar surface area (TPSA) is 38.9 Å². The van der Waals surface area contributed by atoms with Gasteiger partial charge in [0.2, 0.25) is 0 Å². The molecule has 2 aromatic rings. The molecule has 0 bridgehead atoms. The lowest BCUT2D eigenvalue weighted by molar-refractivity contribution is 0.589. The number of nitrogens with zero attached hydrogens (tertiary/aromatic N) is 1. The second kappa shape index (κ2) is 6.19. The smallest absolute Gasteiger partial charge is 0.0270 e. The number of aromatic nitrogens is 1. The fourth-order valence-corrected chi connectivity index (χ4v) is 2.34. The van der Waals surface area contributed by atoms with Gasteiger partial charge in [0, 0.05) is 18.4 Å². The van der Waals surface area contributed by atoms with Gasteiger partial charge in [-0.05, 0) is 47.1 Å². The first kappa shape index (κ1) is 14.7. The highest BCUT2D eigenvalue weighted by Gasteiger charge is 2.13. The lowest BCUT2D eigenvalue weighted by Crippen LogP contribution is -2.25. The number of benzene rings is 1. The average molecular weight is 268 g/mol. The van der Waals surface area contributed by atoms with Crippen LogP contribution < -0.4 is 5.73 Å². The first-order chi connectivity index (χ1) is 9.45. The van der Waals surface area contributed by atoms with Gasteiger partial charge in [-0.15, -0.1) is 0 Å². The monoisotopic (exact) mass is 268 g/mol. The van der Waals surface area contributed by atoms with Crippen molar-refractivity contribution in [2.24, 2.45) is 5.73 Å². The molecule has 0 fully saturated rings. The van der Waals surface area contributed by atoms with Crippen molar-refractivity contribution in [1.82, 2.24) is 4.98 Å². The highest BCUT2D eigenvalue weighted by Crippen LogP contribution is 2.22. The Morgan fingerprint density at radius 2 is 1.40 bits per heavy atom. The van der Waals surface area contributed by atoms with E-state index in [1.807, 2.05) is 24.5 Å². The molecule has 106 valence electrons. The summed E-state index contributed by atoms with van der Waals surface area (Å²) in [6.07, 6.45) is 5.44. The Morgan fingerprint density at radius 3 is 1.90 bits per heavy atom. The molecular weight excluding hydrogens is 244 g/mol. The van der Waals surface area contributed by atoms with Crippen LogP contribution in [0.1, 0.15) is 37.5 Å². The standard InChI is InChI=1S/C18H24N2/c1-18(2,3)16-6-4-14(5-7-16)12-17(19)13-15-8-10-20-11-9-15/h4-11,17H,12-13,19H2,1-3H3. The Morgan fingerprint density at radius 1 is 0.900 bits per heavy atom. The highest BCUT2D eigenvalue weighted by molar-refractivity contribution is 5.28. The maximum Gasteiger partial charge on any atom is 0.0270 e. The lowest BCUT2D eigenvalue weighted by Gasteiger charge is -2.19. The zero-order chi connectivity index (χ0) is 14.6. The van der Waals surface area contributed by atoms with Crippen LogP contribution in [0.4, 0.5) is 0 Å². The van der Waals surface area contributed by atoms with E-state index in [2.05, 4.69) is 50.0 Å². The molecule has 20 heavy (non-hydrogen) atoms. The molecule has 1 heterocycles. The SMILES string of the molecule is CC(C)(C)c1ccc(CC(N)Cc2ccncc2)cc1. The number of pyridine rings is 1. The van der Waals surface area contributed by atoms with Gasteiger partial charge in [0.25, 0.3) is 0 Å². The van der Waals surface area contributed by atoms with Gasteiger partial charge in [-0.3, -0.25) is 4.98 Å². The lowest BCUT2D eigenvalue weighted by atomic mass is 9.86. The van der Waals surface area contributed by atoms with Crippen LogP contribution in [0.25, 0.3) is 0 Å². The average Bonchev–Trinajstić information content (AvgIpc) is 2.39. The summed E-state index contributed by atoms with van der Waals surface area (Å²) in [5.74, 6) is 0. The van der Waals surface area contributed by atoms with Crippen LogP contribution in [0, 0.1) is 0 Å². The van der Waals surface area contributed by atoms with Crippen molar-refractivity contribution in [3.05, 3.63) is 65.5 Å². The van der Waals surface area contributed by atoms with Crippen molar-refractivity contribution in [3.8, 4) is 0 Å². The normalized spacial score (nSPS) is 13.2. The fraction of sp³-hybridized carbons (Fsp3) is 0.389. The van der Waals surface area contributed by atoms with Gasteiger partial charge < -0.3 is 5.73 Å².